The summed E-state index contributed by atoms with van der Waals surface area (Å²) >= 11 is 0. The molecule has 1 amide bonds. The second kappa shape index (κ2) is 5.07. The van der Waals surface area contributed by atoms with E-state index in [1.807, 2.05) is 0 Å². The van der Waals surface area contributed by atoms with Crippen LogP contribution in [-0.4, -0.2) is 35.0 Å². The molecule has 0 radical (unpaired) electrons. The van der Waals surface area contributed by atoms with Crippen molar-refractivity contribution >= 4 is 11.9 Å². The van der Waals surface area contributed by atoms with Gasteiger partial charge in [-0.2, -0.15) is 0 Å². The van der Waals surface area contributed by atoms with E-state index in [2.05, 4.69) is 0 Å². The minimum absolute atomic E-state index is 0.0469. The largest absolute Gasteiger partial charge is 0.481 e. The average molecular weight is 305 g/mol. The Hall–Kier alpha value is -1.91. The molecule has 1 saturated heterocycles. The molecule has 2 aliphatic rings. The van der Waals surface area contributed by atoms with Gasteiger partial charge >= 0.3 is 5.97 Å². The van der Waals surface area contributed by atoms with E-state index >= 15 is 0 Å². The fourth-order valence-corrected chi connectivity index (χ4v) is 3.55. The van der Waals surface area contributed by atoms with Crippen LogP contribution in [0.15, 0.2) is 24.3 Å². The van der Waals surface area contributed by atoms with Gasteiger partial charge in [0.25, 0.3) is 0 Å². The molecule has 1 aromatic rings. The average Bonchev–Trinajstić information content (AvgIpc) is 2.82. The highest BCUT2D eigenvalue weighted by molar-refractivity contribution is 5.90. The Morgan fingerprint density at radius 3 is 2.50 bits per heavy atom. The molecule has 5 heteroatoms. The summed E-state index contributed by atoms with van der Waals surface area (Å²) in [6.45, 7) is 2.37. The maximum Gasteiger partial charge on any atom is 0.311 e. The van der Waals surface area contributed by atoms with Gasteiger partial charge in [0.15, 0.2) is 0 Å². The minimum atomic E-state index is -0.872. The zero-order valence-corrected chi connectivity index (χ0v) is 12.6. The molecule has 1 saturated carbocycles. The number of benzene rings is 1. The molecule has 0 aromatic heterocycles. The molecule has 0 bridgehead atoms. The van der Waals surface area contributed by atoms with Crippen molar-refractivity contribution < 1.29 is 19.1 Å². The van der Waals surface area contributed by atoms with Gasteiger partial charge in [0.1, 0.15) is 5.82 Å². The van der Waals surface area contributed by atoms with E-state index < -0.39 is 16.8 Å². The van der Waals surface area contributed by atoms with Crippen molar-refractivity contribution in [2.24, 2.45) is 5.41 Å². The van der Waals surface area contributed by atoms with E-state index in [1.54, 1.807) is 24.0 Å². The molecule has 1 atom stereocenters. The highest BCUT2D eigenvalue weighted by Crippen LogP contribution is 2.46. The lowest BCUT2D eigenvalue weighted by Crippen LogP contribution is -2.51. The third-order valence-electron chi connectivity index (χ3n) is 5.27. The van der Waals surface area contributed by atoms with Crippen LogP contribution in [0.5, 0.6) is 0 Å². The van der Waals surface area contributed by atoms with Gasteiger partial charge in [-0.1, -0.05) is 18.6 Å². The number of amides is 1. The SMILES string of the molecule is CC1(C(=O)O)CCN(C(=O)C2(c3cccc(F)c3)CCC2)C1. The van der Waals surface area contributed by atoms with Crippen LogP contribution < -0.4 is 0 Å². The minimum Gasteiger partial charge on any atom is -0.481 e. The zero-order chi connectivity index (χ0) is 16.0. The maximum absolute atomic E-state index is 13.5. The molecule has 2 fully saturated rings. The number of rotatable bonds is 3. The molecule has 1 aliphatic carbocycles. The van der Waals surface area contributed by atoms with Gasteiger partial charge < -0.3 is 10.0 Å². The number of aliphatic carboxylic acids is 1. The first-order valence-electron chi connectivity index (χ1n) is 7.66. The molecule has 1 heterocycles. The van der Waals surface area contributed by atoms with Crippen molar-refractivity contribution in [3.05, 3.63) is 35.6 Å². The van der Waals surface area contributed by atoms with Gasteiger partial charge in [0.05, 0.1) is 10.8 Å². The first-order valence-corrected chi connectivity index (χ1v) is 7.66. The number of hydrogen-bond acceptors (Lipinski definition) is 2. The van der Waals surface area contributed by atoms with Gasteiger partial charge in [0, 0.05) is 13.1 Å². The third-order valence-corrected chi connectivity index (χ3v) is 5.27. The third kappa shape index (κ3) is 2.19. The Morgan fingerprint density at radius 2 is 2.00 bits per heavy atom. The maximum atomic E-state index is 13.5. The Labute approximate surface area is 128 Å². The van der Waals surface area contributed by atoms with E-state index in [0.717, 1.165) is 6.42 Å². The fraction of sp³-hybridized carbons (Fsp3) is 0.529. The van der Waals surface area contributed by atoms with Crippen LogP contribution in [0.25, 0.3) is 0 Å². The second-order valence-corrected chi connectivity index (χ2v) is 6.79. The van der Waals surface area contributed by atoms with Crippen molar-refractivity contribution in [2.45, 2.75) is 38.0 Å². The monoisotopic (exact) mass is 305 g/mol. The first-order chi connectivity index (χ1) is 10.4. The highest BCUT2D eigenvalue weighted by atomic mass is 19.1. The Balaban J connectivity index is 1.86. The summed E-state index contributed by atoms with van der Waals surface area (Å²) in [6, 6.07) is 6.23. The number of likely N-dealkylation sites (tertiary alicyclic amines) is 1. The van der Waals surface area contributed by atoms with Crippen LogP contribution in [-0.2, 0) is 15.0 Å². The standard InChI is InChI=1S/C17H20FNO3/c1-16(15(21)22)8-9-19(11-16)14(20)17(6-3-7-17)12-4-2-5-13(18)10-12/h2,4-5,10H,3,6-9,11H2,1H3,(H,21,22). The lowest BCUT2D eigenvalue weighted by molar-refractivity contribution is -0.148. The van der Waals surface area contributed by atoms with E-state index in [0.29, 0.717) is 31.4 Å². The van der Waals surface area contributed by atoms with E-state index in [4.69, 9.17) is 0 Å². The molecular formula is C17H20FNO3. The van der Waals surface area contributed by atoms with Gasteiger partial charge in [0.2, 0.25) is 5.91 Å². The van der Waals surface area contributed by atoms with Crippen LogP contribution in [0.4, 0.5) is 4.39 Å². The number of carboxylic acid groups (broad SMARTS) is 1. The van der Waals surface area contributed by atoms with Gasteiger partial charge in [-0.05, 0) is 43.9 Å². The predicted molar refractivity (Wildman–Crippen MR) is 78.9 cm³/mol. The van der Waals surface area contributed by atoms with Gasteiger partial charge in [-0.25, -0.2) is 4.39 Å². The number of halogens is 1. The van der Waals surface area contributed by atoms with Gasteiger partial charge in [-0.15, -0.1) is 0 Å². The molecule has 1 aliphatic heterocycles. The van der Waals surface area contributed by atoms with Gasteiger partial charge in [-0.3, -0.25) is 9.59 Å². The summed E-state index contributed by atoms with van der Waals surface area (Å²) < 4.78 is 13.5. The van der Waals surface area contributed by atoms with Crippen LogP contribution in [0.2, 0.25) is 0 Å². The summed E-state index contributed by atoms with van der Waals surface area (Å²) in [4.78, 5) is 26.0. The first kappa shape index (κ1) is 15.0. The molecular weight excluding hydrogens is 285 g/mol. The summed E-state index contributed by atoms with van der Waals surface area (Å²) in [6.07, 6.45) is 2.81. The molecule has 1 unspecified atom stereocenters. The summed E-state index contributed by atoms with van der Waals surface area (Å²) in [5.74, 6) is -1.25. The summed E-state index contributed by atoms with van der Waals surface area (Å²) in [5.41, 5.74) is -0.818. The van der Waals surface area contributed by atoms with Crippen LogP contribution in [0.1, 0.15) is 38.2 Å². The Morgan fingerprint density at radius 1 is 1.27 bits per heavy atom. The number of carboxylic acids is 1. The number of nitrogens with zero attached hydrogens (tertiary/aromatic N) is 1. The molecule has 1 aromatic carbocycles. The number of carbonyl (C=O) groups excluding carboxylic acids is 1. The van der Waals surface area contributed by atoms with Crippen LogP contribution in [0, 0.1) is 11.2 Å². The Kier molecular flexibility index (Phi) is 3.46. The highest BCUT2D eigenvalue weighted by Gasteiger charge is 2.51. The number of hydrogen-bond donors (Lipinski definition) is 1. The van der Waals surface area contributed by atoms with E-state index in [-0.39, 0.29) is 18.3 Å². The molecule has 1 N–H and O–H groups in total. The summed E-state index contributed by atoms with van der Waals surface area (Å²) in [7, 11) is 0. The molecule has 22 heavy (non-hydrogen) atoms. The van der Waals surface area contributed by atoms with Crippen molar-refractivity contribution in [3.8, 4) is 0 Å². The second-order valence-electron chi connectivity index (χ2n) is 6.79. The predicted octanol–water partition coefficient (Wildman–Crippen LogP) is 2.57. The molecule has 0 spiro atoms. The van der Waals surface area contributed by atoms with Crippen LogP contribution >= 0.6 is 0 Å². The van der Waals surface area contributed by atoms with E-state index in [1.165, 1.54) is 12.1 Å². The van der Waals surface area contributed by atoms with Crippen LogP contribution in [0.3, 0.4) is 0 Å². The number of carbonyl (C=O) groups is 2. The van der Waals surface area contributed by atoms with E-state index in [9.17, 15) is 19.1 Å². The molecule has 3 rings (SSSR count). The molecule has 4 nitrogen and oxygen atoms in total. The lowest BCUT2D eigenvalue weighted by atomic mass is 9.63. The molecule has 118 valence electrons. The van der Waals surface area contributed by atoms with Crippen molar-refractivity contribution in [3.63, 3.8) is 0 Å². The van der Waals surface area contributed by atoms with Crippen molar-refractivity contribution in [2.75, 3.05) is 13.1 Å². The van der Waals surface area contributed by atoms with Crippen molar-refractivity contribution in [1.82, 2.24) is 4.90 Å². The van der Waals surface area contributed by atoms with Crippen molar-refractivity contribution in [1.29, 1.82) is 0 Å². The normalized spacial score (nSPS) is 26.5. The fourth-order valence-electron chi connectivity index (χ4n) is 3.55. The lowest BCUT2D eigenvalue weighted by Gasteiger charge is -2.43. The zero-order valence-electron chi connectivity index (χ0n) is 12.6. The topological polar surface area (TPSA) is 57.6 Å². The smallest absolute Gasteiger partial charge is 0.311 e. The quantitative estimate of drug-likeness (QED) is 0.933. The Bertz CT molecular complexity index is 626. The summed E-state index contributed by atoms with van der Waals surface area (Å²) in [5, 5.41) is 9.31.